The summed E-state index contributed by atoms with van der Waals surface area (Å²) >= 11 is 0. The van der Waals surface area contributed by atoms with Crippen LogP contribution in [-0.4, -0.2) is 40.0 Å². The van der Waals surface area contributed by atoms with Gasteiger partial charge in [-0.25, -0.2) is 4.98 Å². The molecule has 1 aromatic heterocycles. The molecule has 1 N–H and O–H groups in total. The number of hydrogen-bond acceptors (Lipinski definition) is 3. The minimum atomic E-state index is -0.214. The number of likely N-dealkylation sites (tertiary alicyclic amines) is 1. The predicted octanol–water partition coefficient (Wildman–Crippen LogP) is 2.11. The van der Waals surface area contributed by atoms with Crippen LogP contribution in [0.2, 0.25) is 0 Å². The number of carbonyl (C=O) groups is 1. The minimum Gasteiger partial charge on any atom is -0.341 e. The van der Waals surface area contributed by atoms with Gasteiger partial charge in [-0.1, -0.05) is 36.8 Å². The molecule has 1 aliphatic heterocycles. The van der Waals surface area contributed by atoms with Crippen LogP contribution >= 0.6 is 0 Å². The van der Waals surface area contributed by atoms with Crippen LogP contribution in [0.4, 0.5) is 0 Å². The Bertz CT molecular complexity index is 631. The average molecular weight is 312 g/mol. The van der Waals surface area contributed by atoms with Crippen molar-refractivity contribution in [1.82, 2.24) is 19.8 Å². The van der Waals surface area contributed by atoms with Gasteiger partial charge in [0.2, 0.25) is 5.91 Å². The highest BCUT2D eigenvalue weighted by molar-refractivity contribution is 5.79. The summed E-state index contributed by atoms with van der Waals surface area (Å²) in [5.74, 6) is 0.909. The van der Waals surface area contributed by atoms with Crippen molar-refractivity contribution in [1.29, 1.82) is 0 Å². The third-order valence-electron chi connectivity index (χ3n) is 4.37. The van der Waals surface area contributed by atoms with E-state index in [9.17, 15) is 4.79 Å². The van der Waals surface area contributed by atoms with E-state index in [2.05, 4.69) is 15.2 Å². The van der Waals surface area contributed by atoms with Crippen molar-refractivity contribution in [3.05, 3.63) is 54.1 Å². The lowest BCUT2D eigenvalue weighted by molar-refractivity contribution is -0.123. The first-order valence-electron chi connectivity index (χ1n) is 8.28. The number of nitrogens with zero attached hydrogens (tertiary/aromatic N) is 3. The van der Waals surface area contributed by atoms with E-state index in [-0.39, 0.29) is 11.9 Å². The molecular weight excluding hydrogens is 288 g/mol. The van der Waals surface area contributed by atoms with E-state index in [1.807, 2.05) is 48.1 Å². The van der Waals surface area contributed by atoms with Gasteiger partial charge in [-0.05, 0) is 31.5 Å². The molecule has 2 heterocycles. The Labute approximate surface area is 137 Å². The van der Waals surface area contributed by atoms with E-state index in [1.165, 1.54) is 19.3 Å². The van der Waals surface area contributed by atoms with Crippen molar-refractivity contribution in [3.8, 4) is 0 Å². The van der Waals surface area contributed by atoms with E-state index in [0.29, 0.717) is 6.54 Å². The number of piperidine rings is 1. The standard InChI is InChI=1S/C18H24N4O/c1-21-13-10-19-18(21)17(15-8-4-2-5-9-15)20-16(23)14-22-11-6-3-7-12-22/h2,4-5,8-10,13,17H,3,6-7,11-12,14H2,1H3,(H,20,23)/t17-/m1/s1. The second-order valence-electron chi connectivity index (χ2n) is 6.14. The summed E-state index contributed by atoms with van der Waals surface area (Å²) in [4.78, 5) is 19.2. The number of amides is 1. The molecule has 1 atom stereocenters. The van der Waals surface area contributed by atoms with E-state index >= 15 is 0 Å². The van der Waals surface area contributed by atoms with Gasteiger partial charge in [-0.15, -0.1) is 0 Å². The molecule has 23 heavy (non-hydrogen) atoms. The van der Waals surface area contributed by atoms with Crippen molar-refractivity contribution in [2.24, 2.45) is 7.05 Å². The Hall–Kier alpha value is -2.14. The molecule has 1 aromatic carbocycles. The van der Waals surface area contributed by atoms with Gasteiger partial charge in [-0.2, -0.15) is 0 Å². The molecule has 3 rings (SSSR count). The molecule has 0 saturated carbocycles. The summed E-state index contributed by atoms with van der Waals surface area (Å²) in [7, 11) is 1.95. The summed E-state index contributed by atoms with van der Waals surface area (Å²) in [5, 5.41) is 3.16. The number of rotatable bonds is 5. The lowest BCUT2D eigenvalue weighted by atomic mass is 10.1. The lowest BCUT2D eigenvalue weighted by Gasteiger charge is -2.27. The number of nitrogens with one attached hydrogen (secondary N) is 1. The van der Waals surface area contributed by atoms with Gasteiger partial charge in [0, 0.05) is 19.4 Å². The summed E-state index contributed by atoms with van der Waals surface area (Å²) in [6.45, 7) is 2.51. The smallest absolute Gasteiger partial charge is 0.235 e. The molecule has 0 radical (unpaired) electrons. The summed E-state index contributed by atoms with van der Waals surface area (Å²) in [6.07, 6.45) is 7.33. The molecule has 0 unspecified atom stereocenters. The second kappa shape index (κ2) is 7.42. The fourth-order valence-corrected chi connectivity index (χ4v) is 3.12. The van der Waals surface area contributed by atoms with Crippen molar-refractivity contribution in [3.63, 3.8) is 0 Å². The molecule has 5 nitrogen and oxygen atoms in total. The predicted molar refractivity (Wildman–Crippen MR) is 89.9 cm³/mol. The van der Waals surface area contributed by atoms with Gasteiger partial charge in [0.1, 0.15) is 11.9 Å². The first kappa shape index (κ1) is 15.7. The van der Waals surface area contributed by atoms with Gasteiger partial charge in [0.25, 0.3) is 0 Å². The molecule has 0 bridgehead atoms. The number of benzene rings is 1. The van der Waals surface area contributed by atoms with E-state index in [0.717, 1.165) is 24.5 Å². The number of hydrogen-bond donors (Lipinski definition) is 1. The van der Waals surface area contributed by atoms with Crippen LogP contribution in [0.25, 0.3) is 0 Å². The van der Waals surface area contributed by atoms with Crippen molar-refractivity contribution >= 4 is 5.91 Å². The van der Waals surface area contributed by atoms with Crippen LogP contribution < -0.4 is 5.32 Å². The zero-order chi connectivity index (χ0) is 16.1. The quantitative estimate of drug-likeness (QED) is 0.920. The highest BCUT2D eigenvalue weighted by Gasteiger charge is 2.22. The monoisotopic (exact) mass is 312 g/mol. The molecule has 5 heteroatoms. The highest BCUT2D eigenvalue weighted by atomic mass is 16.2. The third-order valence-corrected chi connectivity index (χ3v) is 4.37. The lowest BCUT2D eigenvalue weighted by Crippen LogP contribution is -2.41. The number of aromatic nitrogens is 2. The minimum absolute atomic E-state index is 0.0590. The Morgan fingerprint density at radius 2 is 1.96 bits per heavy atom. The zero-order valence-electron chi connectivity index (χ0n) is 13.6. The van der Waals surface area contributed by atoms with Gasteiger partial charge in [0.15, 0.2) is 0 Å². The molecular formula is C18H24N4O. The van der Waals surface area contributed by atoms with Crippen molar-refractivity contribution in [2.75, 3.05) is 19.6 Å². The van der Waals surface area contributed by atoms with Gasteiger partial charge in [-0.3, -0.25) is 9.69 Å². The molecule has 0 aliphatic carbocycles. The number of imidazole rings is 1. The maximum absolute atomic E-state index is 12.5. The van der Waals surface area contributed by atoms with Gasteiger partial charge in [0.05, 0.1) is 6.54 Å². The fourth-order valence-electron chi connectivity index (χ4n) is 3.12. The average Bonchev–Trinajstić information content (AvgIpc) is 3.00. The first-order chi connectivity index (χ1) is 11.2. The maximum Gasteiger partial charge on any atom is 0.235 e. The number of aryl methyl sites for hydroxylation is 1. The van der Waals surface area contributed by atoms with E-state index < -0.39 is 0 Å². The Morgan fingerprint density at radius 3 is 2.61 bits per heavy atom. The van der Waals surface area contributed by atoms with E-state index in [1.54, 1.807) is 6.20 Å². The van der Waals surface area contributed by atoms with Crippen LogP contribution in [-0.2, 0) is 11.8 Å². The molecule has 0 spiro atoms. The molecule has 122 valence electrons. The van der Waals surface area contributed by atoms with Gasteiger partial charge >= 0.3 is 0 Å². The number of carbonyl (C=O) groups excluding carboxylic acids is 1. The van der Waals surface area contributed by atoms with Crippen LogP contribution in [0.5, 0.6) is 0 Å². The highest BCUT2D eigenvalue weighted by Crippen LogP contribution is 2.20. The largest absolute Gasteiger partial charge is 0.341 e. The van der Waals surface area contributed by atoms with Gasteiger partial charge < -0.3 is 9.88 Å². The zero-order valence-corrected chi connectivity index (χ0v) is 13.6. The second-order valence-corrected chi connectivity index (χ2v) is 6.14. The first-order valence-corrected chi connectivity index (χ1v) is 8.28. The Morgan fingerprint density at radius 1 is 1.22 bits per heavy atom. The summed E-state index contributed by atoms with van der Waals surface area (Å²) < 4.78 is 1.96. The molecule has 2 aromatic rings. The molecule has 1 amide bonds. The normalized spacial score (nSPS) is 16.9. The topological polar surface area (TPSA) is 50.2 Å². The third kappa shape index (κ3) is 3.99. The maximum atomic E-state index is 12.5. The van der Waals surface area contributed by atoms with Crippen molar-refractivity contribution in [2.45, 2.75) is 25.3 Å². The Balaban J connectivity index is 1.74. The Kier molecular flexibility index (Phi) is 5.08. The van der Waals surface area contributed by atoms with Crippen LogP contribution in [0.3, 0.4) is 0 Å². The summed E-state index contributed by atoms with van der Waals surface area (Å²) in [5.41, 5.74) is 1.05. The SMILES string of the molecule is Cn1ccnc1[C@H](NC(=O)CN1CCCCC1)c1ccccc1. The summed E-state index contributed by atoms with van der Waals surface area (Å²) in [6, 6.07) is 9.80. The van der Waals surface area contributed by atoms with Crippen LogP contribution in [0, 0.1) is 0 Å². The van der Waals surface area contributed by atoms with Crippen molar-refractivity contribution < 1.29 is 4.79 Å². The van der Waals surface area contributed by atoms with Crippen LogP contribution in [0.1, 0.15) is 36.7 Å². The molecule has 1 aliphatic rings. The van der Waals surface area contributed by atoms with E-state index in [4.69, 9.17) is 0 Å². The molecule has 1 fully saturated rings. The molecule has 1 saturated heterocycles. The fraction of sp³-hybridized carbons (Fsp3) is 0.444. The van der Waals surface area contributed by atoms with Crippen LogP contribution in [0.15, 0.2) is 42.7 Å².